The molecule has 1 aromatic heterocycles. The average Bonchev–Trinajstić information content (AvgIpc) is 3.73. The lowest BCUT2D eigenvalue weighted by molar-refractivity contribution is -0.120. The Morgan fingerprint density at radius 1 is 1.31 bits per heavy atom. The Morgan fingerprint density at radius 2 is 2.00 bits per heavy atom. The molecule has 0 spiro atoms. The summed E-state index contributed by atoms with van der Waals surface area (Å²) in [5, 5.41) is 11.9. The van der Waals surface area contributed by atoms with Crippen LogP contribution in [-0.2, 0) is 4.79 Å². The SMILES string of the molecule is CCC(=O)NC/C(F)=C1/CCCN(c2c(F)cc3c(=O)c(C(=O)O)cn(C4CC4)c3c2OC)C1.CN. The molecule has 0 atom stereocenters. The minimum atomic E-state index is -1.37. The number of anilines is 1. The van der Waals surface area contributed by atoms with Crippen LogP contribution >= 0.6 is 0 Å². The van der Waals surface area contributed by atoms with E-state index in [9.17, 15) is 23.9 Å². The van der Waals surface area contributed by atoms with Crippen molar-refractivity contribution in [3.63, 3.8) is 0 Å². The Hall–Kier alpha value is -3.47. The molecule has 11 heteroatoms. The van der Waals surface area contributed by atoms with Crippen LogP contribution in [0, 0.1) is 5.82 Å². The summed E-state index contributed by atoms with van der Waals surface area (Å²) in [6.07, 6.45) is 4.21. The van der Waals surface area contributed by atoms with Crippen LogP contribution in [-0.4, -0.2) is 55.3 Å². The second kappa shape index (κ2) is 11.5. The number of hydrogen-bond donors (Lipinski definition) is 3. The van der Waals surface area contributed by atoms with Gasteiger partial charge in [-0.3, -0.25) is 9.59 Å². The van der Waals surface area contributed by atoms with Crippen molar-refractivity contribution in [1.82, 2.24) is 9.88 Å². The van der Waals surface area contributed by atoms with Crippen molar-refractivity contribution in [1.29, 1.82) is 0 Å². The second-order valence-corrected chi connectivity index (χ2v) is 8.62. The van der Waals surface area contributed by atoms with E-state index in [1.54, 1.807) is 16.4 Å². The van der Waals surface area contributed by atoms with E-state index < -0.39 is 28.6 Å². The molecular formula is C25H32F2N4O5. The maximum atomic E-state index is 15.5. The number of nitrogens with two attached hydrogens (primary N) is 1. The molecule has 36 heavy (non-hydrogen) atoms. The highest BCUT2D eigenvalue weighted by Crippen LogP contribution is 2.44. The third kappa shape index (κ3) is 5.35. The number of carbonyl (C=O) groups is 2. The fourth-order valence-electron chi connectivity index (χ4n) is 4.43. The highest BCUT2D eigenvalue weighted by atomic mass is 19.1. The minimum absolute atomic E-state index is 0.00940. The number of amides is 1. The van der Waals surface area contributed by atoms with Crippen molar-refractivity contribution in [3.05, 3.63) is 45.3 Å². The van der Waals surface area contributed by atoms with Crippen LogP contribution in [0.15, 0.2) is 28.5 Å². The number of fused-ring (bicyclic) bond motifs is 1. The van der Waals surface area contributed by atoms with Gasteiger partial charge in [0.25, 0.3) is 0 Å². The topological polar surface area (TPSA) is 127 Å². The highest BCUT2D eigenvalue weighted by molar-refractivity contribution is 5.97. The summed E-state index contributed by atoms with van der Waals surface area (Å²) in [7, 11) is 2.87. The Bertz CT molecular complexity index is 1250. The first kappa shape index (κ1) is 27.1. The number of hydrogen-bond acceptors (Lipinski definition) is 6. The lowest BCUT2D eigenvalue weighted by atomic mass is 10.0. The second-order valence-electron chi connectivity index (χ2n) is 8.62. The molecule has 1 aliphatic heterocycles. The predicted octanol–water partition coefficient (Wildman–Crippen LogP) is 3.11. The maximum absolute atomic E-state index is 15.5. The van der Waals surface area contributed by atoms with Gasteiger partial charge in [-0.25, -0.2) is 13.6 Å². The molecule has 0 bridgehead atoms. The van der Waals surface area contributed by atoms with Gasteiger partial charge in [0, 0.05) is 31.7 Å². The van der Waals surface area contributed by atoms with Gasteiger partial charge in [0.15, 0.2) is 11.6 Å². The van der Waals surface area contributed by atoms with Crippen molar-refractivity contribution in [2.24, 2.45) is 5.73 Å². The van der Waals surface area contributed by atoms with Gasteiger partial charge in [-0.2, -0.15) is 0 Å². The molecule has 1 aromatic carbocycles. The predicted molar refractivity (Wildman–Crippen MR) is 133 cm³/mol. The third-order valence-electron chi connectivity index (χ3n) is 6.32. The number of aromatic carboxylic acids is 1. The number of nitrogens with zero attached hydrogens (tertiary/aromatic N) is 2. The number of halogens is 2. The number of ether oxygens (including phenoxy) is 1. The van der Waals surface area contributed by atoms with E-state index in [2.05, 4.69) is 11.1 Å². The summed E-state index contributed by atoms with van der Waals surface area (Å²) in [5.74, 6) is -2.71. The number of carbonyl (C=O) groups excluding carboxylic acids is 1. The Kier molecular flexibility index (Phi) is 8.67. The fourth-order valence-corrected chi connectivity index (χ4v) is 4.43. The lowest BCUT2D eigenvalue weighted by Crippen LogP contribution is -2.34. The summed E-state index contributed by atoms with van der Waals surface area (Å²) in [4.78, 5) is 37.6. The van der Waals surface area contributed by atoms with Crippen LogP contribution in [0.5, 0.6) is 5.75 Å². The monoisotopic (exact) mass is 506 g/mol. The molecule has 2 fully saturated rings. The summed E-state index contributed by atoms with van der Waals surface area (Å²) in [6.45, 7) is 2.01. The summed E-state index contributed by atoms with van der Waals surface area (Å²) >= 11 is 0. The normalized spacial score (nSPS) is 16.8. The Labute approximate surface area is 207 Å². The molecule has 1 saturated heterocycles. The van der Waals surface area contributed by atoms with Gasteiger partial charge in [-0.15, -0.1) is 0 Å². The molecule has 2 aromatic rings. The first-order valence-electron chi connectivity index (χ1n) is 11.9. The lowest BCUT2D eigenvalue weighted by Gasteiger charge is -2.33. The van der Waals surface area contributed by atoms with Crippen LogP contribution < -0.4 is 26.1 Å². The van der Waals surface area contributed by atoms with Crippen LogP contribution in [0.3, 0.4) is 0 Å². The van der Waals surface area contributed by atoms with Gasteiger partial charge in [0.05, 0.1) is 24.6 Å². The number of nitrogens with one attached hydrogen (secondary N) is 1. The van der Waals surface area contributed by atoms with Gasteiger partial charge >= 0.3 is 5.97 Å². The van der Waals surface area contributed by atoms with Gasteiger partial charge in [0.1, 0.15) is 17.1 Å². The Balaban J connectivity index is 0.00000176. The molecule has 2 aliphatic rings. The third-order valence-corrected chi connectivity index (χ3v) is 6.32. The highest BCUT2D eigenvalue weighted by Gasteiger charge is 2.32. The minimum Gasteiger partial charge on any atom is -0.492 e. The fraction of sp³-hybridized carbons (Fsp3) is 0.480. The molecular weight excluding hydrogens is 474 g/mol. The number of methoxy groups -OCH3 is 1. The number of piperidine rings is 1. The molecule has 0 radical (unpaired) electrons. The van der Waals surface area contributed by atoms with Crippen LogP contribution in [0.4, 0.5) is 14.5 Å². The van der Waals surface area contributed by atoms with E-state index >= 15 is 4.39 Å². The number of aromatic nitrogens is 1. The van der Waals surface area contributed by atoms with Gasteiger partial charge < -0.3 is 30.4 Å². The maximum Gasteiger partial charge on any atom is 0.341 e. The van der Waals surface area contributed by atoms with Crippen LogP contribution in [0.25, 0.3) is 10.9 Å². The molecule has 2 heterocycles. The van der Waals surface area contributed by atoms with E-state index in [-0.39, 0.29) is 48.3 Å². The number of rotatable bonds is 7. The van der Waals surface area contributed by atoms with Crippen molar-refractivity contribution < 1.29 is 28.2 Å². The first-order valence-corrected chi connectivity index (χ1v) is 11.9. The van der Waals surface area contributed by atoms with Crippen molar-refractivity contribution >= 4 is 28.5 Å². The molecule has 4 N–H and O–H groups in total. The molecule has 1 amide bonds. The standard InChI is InChI=1S/C24H27F2N3O5.CH5N/c1-3-19(30)27-10-18(26)13-5-4-8-28(11-13)21-17(25)9-15-20(23(21)34-2)29(14-6-7-14)12-16(22(15)31)24(32)33;1-2/h9,12,14H,3-8,10-11H2,1-2H3,(H,27,30)(H,32,33);2H2,1H3/b18-13+;. The summed E-state index contributed by atoms with van der Waals surface area (Å²) in [6, 6.07) is 1.04. The molecule has 1 saturated carbocycles. The Morgan fingerprint density at radius 3 is 2.58 bits per heavy atom. The number of pyridine rings is 1. The van der Waals surface area contributed by atoms with E-state index in [1.165, 1.54) is 20.4 Å². The molecule has 4 rings (SSSR count). The van der Waals surface area contributed by atoms with Gasteiger partial charge in [-0.05, 0) is 44.4 Å². The van der Waals surface area contributed by atoms with Crippen LogP contribution in [0.2, 0.25) is 0 Å². The summed E-state index contributed by atoms with van der Waals surface area (Å²) < 4.78 is 37.5. The van der Waals surface area contributed by atoms with E-state index in [4.69, 9.17) is 4.74 Å². The zero-order valence-electron chi connectivity index (χ0n) is 20.7. The van der Waals surface area contributed by atoms with Crippen LogP contribution in [0.1, 0.15) is 55.4 Å². The zero-order valence-corrected chi connectivity index (χ0v) is 20.7. The zero-order chi connectivity index (χ0) is 26.6. The molecule has 0 unspecified atom stereocenters. The molecule has 1 aliphatic carbocycles. The first-order chi connectivity index (χ1) is 17.3. The smallest absolute Gasteiger partial charge is 0.341 e. The number of carboxylic acid groups (broad SMARTS) is 1. The largest absolute Gasteiger partial charge is 0.492 e. The summed E-state index contributed by atoms with van der Waals surface area (Å²) in [5.41, 5.74) is 4.20. The van der Waals surface area contributed by atoms with Crippen molar-refractivity contribution in [3.8, 4) is 5.75 Å². The van der Waals surface area contributed by atoms with Gasteiger partial charge in [-0.1, -0.05) is 6.92 Å². The molecule has 196 valence electrons. The van der Waals surface area contributed by atoms with E-state index in [0.717, 1.165) is 18.9 Å². The van der Waals surface area contributed by atoms with Crippen molar-refractivity contribution in [2.45, 2.75) is 45.1 Å². The van der Waals surface area contributed by atoms with E-state index in [1.807, 2.05) is 0 Å². The van der Waals surface area contributed by atoms with E-state index in [0.29, 0.717) is 30.5 Å². The van der Waals surface area contributed by atoms with Crippen molar-refractivity contribution in [2.75, 3.05) is 38.7 Å². The number of benzene rings is 1. The average molecular weight is 507 g/mol. The quantitative estimate of drug-likeness (QED) is 0.527. The van der Waals surface area contributed by atoms with Gasteiger partial charge in [0.2, 0.25) is 11.3 Å². The number of carboxylic acids is 1. The molecule has 9 nitrogen and oxygen atoms in total.